The highest BCUT2D eigenvalue weighted by Crippen LogP contribution is 2.33. The first-order valence-corrected chi connectivity index (χ1v) is 11.8. The predicted molar refractivity (Wildman–Crippen MR) is 136 cm³/mol. The summed E-state index contributed by atoms with van der Waals surface area (Å²) in [5.41, 5.74) is 1.67. The number of rotatable bonds is 7. The lowest BCUT2D eigenvalue weighted by molar-refractivity contribution is -0.142. The highest BCUT2D eigenvalue weighted by atomic mass is 79.9. The maximum Gasteiger partial charge on any atom is 0.261 e. The molecular formula is C27H31BrN2O3. The third-order valence-electron chi connectivity index (χ3n) is 5.45. The van der Waals surface area contributed by atoms with Crippen molar-refractivity contribution in [1.29, 1.82) is 0 Å². The van der Waals surface area contributed by atoms with Crippen molar-refractivity contribution < 1.29 is 14.3 Å². The number of aryl methyl sites for hydroxylation is 1. The molecule has 0 unspecified atom stereocenters. The van der Waals surface area contributed by atoms with Crippen LogP contribution in [0.4, 0.5) is 0 Å². The molecule has 3 aromatic rings. The summed E-state index contributed by atoms with van der Waals surface area (Å²) < 4.78 is 6.72. The topological polar surface area (TPSA) is 58.6 Å². The monoisotopic (exact) mass is 510 g/mol. The minimum atomic E-state index is -0.653. The summed E-state index contributed by atoms with van der Waals surface area (Å²) >= 11 is 3.60. The van der Waals surface area contributed by atoms with Crippen LogP contribution in [0.3, 0.4) is 0 Å². The summed E-state index contributed by atoms with van der Waals surface area (Å²) in [5, 5.41) is 5.07. The van der Waals surface area contributed by atoms with Crippen molar-refractivity contribution >= 4 is 38.5 Å². The first-order valence-electron chi connectivity index (χ1n) is 11.0. The van der Waals surface area contributed by atoms with Gasteiger partial charge in [0.05, 0.1) is 4.47 Å². The average molecular weight is 511 g/mol. The van der Waals surface area contributed by atoms with Gasteiger partial charge in [0.15, 0.2) is 6.61 Å². The predicted octanol–water partition coefficient (Wildman–Crippen LogP) is 5.62. The Morgan fingerprint density at radius 2 is 1.70 bits per heavy atom. The van der Waals surface area contributed by atoms with Gasteiger partial charge in [-0.3, -0.25) is 9.59 Å². The fraction of sp³-hybridized carbons (Fsp3) is 0.333. The maximum atomic E-state index is 13.3. The van der Waals surface area contributed by atoms with Gasteiger partial charge >= 0.3 is 0 Å². The van der Waals surface area contributed by atoms with Gasteiger partial charge < -0.3 is 15.0 Å². The molecule has 0 saturated heterocycles. The molecule has 0 radical (unpaired) electrons. The van der Waals surface area contributed by atoms with E-state index in [4.69, 9.17) is 4.74 Å². The Hall–Kier alpha value is -2.86. The molecule has 0 aliphatic rings. The van der Waals surface area contributed by atoms with Crippen molar-refractivity contribution in [2.24, 2.45) is 0 Å². The van der Waals surface area contributed by atoms with E-state index in [2.05, 4.69) is 21.2 Å². The van der Waals surface area contributed by atoms with Crippen LogP contribution in [-0.4, -0.2) is 34.9 Å². The van der Waals surface area contributed by atoms with Gasteiger partial charge in [0, 0.05) is 12.1 Å². The lowest BCUT2D eigenvalue weighted by Crippen LogP contribution is -2.53. The molecule has 0 aromatic heterocycles. The highest BCUT2D eigenvalue weighted by molar-refractivity contribution is 9.10. The van der Waals surface area contributed by atoms with Crippen LogP contribution in [-0.2, 0) is 16.1 Å². The Bertz CT molecular complexity index is 1150. The molecule has 33 heavy (non-hydrogen) atoms. The highest BCUT2D eigenvalue weighted by Gasteiger charge is 2.29. The molecule has 0 spiro atoms. The third kappa shape index (κ3) is 6.35. The number of halogens is 1. The fourth-order valence-electron chi connectivity index (χ4n) is 3.58. The van der Waals surface area contributed by atoms with E-state index in [1.807, 2.05) is 88.4 Å². The van der Waals surface area contributed by atoms with E-state index >= 15 is 0 Å². The normalized spacial score (nSPS) is 12.3. The zero-order valence-electron chi connectivity index (χ0n) is 19.8. The first-order chi connectivity index (χ1) is 15.6. The molecule has 0 heterocycles. The van der Waals surface area contributed by atoms with Crippen LogP contribution in [0.2, 0.25) is 0 Å². The van der Waals surface area contributed by atoms with Crippen LogP contribution < -0.4 is 10.1 Å². The number of ether oxygens (including phenoxy) is 1. The summed E-state index contributed by atoms with van der Waals surface area (Å²) in [5.74, 6) is 0.135. The number of benzene rings is 3. The number of carbonyl (C=O) groups excluding carboxylic acids is 2. The number of hydrogen-bond acceptors (Lipinski definition) is 3. The van der Waals surface area contributed by atoms with Crippen molar-refractivity contribution in [3.8, 4) is 5.75 Å². The second-order valence-corrected chi connectivity index (χ2v) is 10.0. The zero-order valence-corrected chi connectivity index (χ0v) is 21.4. The Labute approximate surface area is 204 Å². The molecule has 1 N–H and O–H groups in total. The number of nitrogens with one attached hydrogen (secondary N) is 1. The van der Waals surface area contributed by atoms with Crippen LogP contribution in [0.15, 0.2) is 65.1 Å². The smallest absolute Gasteiger partial charge is 0.261 e. The standard InChI is InChI=1S/C27H31BrN2O3/c1-18-10-6-7-12-21(18)16-30(19(2)26(32)29-27(3,4)5)24(31)17-33-23-15-14-20-11-8-9-13-22(20)25(23)28/h6-15,19H,16-17H2,1-5H3,(H,29,32)/t19-/m0/s1. The molecule has 0 bridgehead atoms. The Kier molecular flexibility index (Phi) is 7.80. The van der Waals surface area contributed by atoms with E-state index < -0.39 is 11.6 Å². The quantitative estimate of drug-likeness (QED) is 0.448. The SMILES string of the molecule is Cc1ccccc1CN(C(=O)COc1ccc2ccccc2c1Br)[C@@H](C)C(=O)NC(C)(C)C. The summed E-state index contributed by atoms with van der Waals surface area (Å²) in [4.78, 5) is 27.8. The molecule has 0 saturated carbocycles. The number of nitrogens with zero attached hydrogens (tertiary/aromatic N) is 1. The molecule has 0 fully saturated rings. The van der Waals surface area contributed by atoms with Crippen LogP contribution in [0.25, 0.3) is 10.8 Å². The summed E-state index contributed by atoms with van der Waals surface area (Å²) in [6.45, 7) is 9.68. The maximum absolute atomic E-state index is 13.3. The second-order valence-electron chi connectivity index (χ2n) is 9.25. The van der Waals surface area contributed by atoms with Crippen molar-refractivity contribution in [2.45, 2.75) is 52.7 Å². The number of fused-ring (bicyclic) bond motifs is 1. The van der Waals surface area contributed by atoms with Crippen LogP contribution in [0.1, 0.15) is 38.8 Å². The molecule has 174 valence electrons. The van der Waals surface area contributed by atoms with Gasteiger partial charge in [0.25, 0.3) is 5.91 Å². The lowest BCUT2D eigenvalue weighted by Gasteiger charge is -2.31. The van der Waals surface area contributed by atoms with Gasteiger partial charge in [-0.1, -0.05) is 54.6 Å². The average Bonchev–Trinajstić information content (AvgIpc) is 2.76. The third-order valence-corrected chi connectivity index (χ3v) is 6.26. The minimum absolute atomic E-state index is 0.171. The van der Waals surface area contributed by atoms with Gasteiger partial charge in [0.2, 0.25) is 5.91 Å². The molecule has 6 heteroatoms. The van der Waals surface area contributed by atoms with Gasteiger partial charge in [-0.05, 0) is 78.5 Å². The minimum Gasteiger partial charge on any atom is -0.483 e. The van der Waals surface area contributed by atoms with Crippen molar-refractivity contribution in [3.05, 3.63) is 76.3 Å². The summed E-state index contributed by atoms with van der Waals surface area (Å²) in [6.07, 6.45) is 0. The van der Waals surface area contributed by atoms with Gasteiger partial charge in [0.1, 0.15) is 11.8 Å². The molecule has 3 aromatic carbocycles. The Morgan fingerprint density at radius 3 is 2.39 bits per heavy atom. The largest absolute Gasteiger partial charge is 0.483 e. The Morgan fingerprint density at radius 1 is 1.03 bits per heavy atom. The lowest BCUT2D eigenvalue weighted by atomic mass is 10.1. The van der Waals surface area contributed by atoms with E-state index in [9.17, 15) is 9.59 Å². The van der Waals surface area contributed by atoms with E-state index in [-0.39, 0.29) is 18.4 Å². The van der Waals surface area contributed by atoms with Gasteiger partial charge in [-0.2, -0.15) is 0 Å². The van der Waals surface area contributed by atoms with Crippen LogP contribution >= 0.6 is 15.9 Å². The summed E-state index contributed by atoms with van der Waals surface area (Å²) in [7, 11) is 0. The van der Waals surface area contributed by atoms with Crippen molar-refractivity contribution in [1.82, 2.24) is 10.2 Å². The van der Waals surface area contributed by atoms with Gasteiger partial charge in [-0.25, -0.2) is 0 Å². The molecule has 1 atom stereocenters. The zero-order chi connectivity index (χ0) is 24.2. The van der Waals surface area contributed by atoms with E-state index in [0.717, 1.165) is 26.4 Å². The van der Waals surface area contributed by atoms with E-state index in [0.29, 0.717) is 12.3 Å². The van der Waals surface area contributed by atoms with Gasteiger partial charge in [-0.15, -0.1) is 0 Å². The number of hydrogen-bond donors (Lipinski definition) is 1. The van der Waals surface area contributed by atoms with Crippen LogP contribution in [0, 0.1) is 6.92 Å². The fourth-order valence-corrected chi connectivity index (χ4v) is 4.18. The molecule has 0 aliphatic heterocycles. The van der Waals surface area contributed by atoms with E-state index in [1.54, 1.807) is 11.8 Å². The number of amides is 2. The van der Waals surface area contributed by atoms with Crippen LogP contribution in [0.5, 0.6) is 5.75 Å². The second kappa shape index (κ2) is 10.4. The molecular weight excluding hydrogens is 480 g/mol. The summed E-state index contributed by atoms with van der Waals surface area (Å²) in [6, 6.07) is 19.0. The number of carbonyl (C=O) groups is 2. The first kappa shape index (κ1) is 24.8. The van der Waals surface area contributed by atoms with E-state index in [1.165, 1.54) is 0 Å². The molecule has 3 rings (SSSR count). The van der Waals surface area contributed by atoms with Crippen molar-refractivity contribution in [3.63, 3.8) is 0 Å². The molecule has 0 aliphatic carbocycles. The Balaban J connectivity index is 1.82. The molecule has 2 amide bonds. The molecule has 5 nitrogen and oxygen atoms in total. The van der Waals surface area contributed by atoms with Crippen molar-refractivity contribution in [2.75, 3.05) is 6.61 Å².